The van der Waals surface area contributed by atoms with E-state index in [2.05, 4.69) is 0 Å². The average Bonchev–Trinajstić information content (AvgIpc) is 2.79. The van der Waals surface area contributed by atoms with Crippen LogP contribution in [0.15, 0.2) is 36.4 Å². The van der Waals surface area contributed by atoms with Gasteiger partial charge >= 0.3 is 5.97 Å². The molecule has 0 spiro atoms. The standard InChI is InChI=1S/C24H34N2O4/c1-2-29-23(28)24(14-8-12-21-10-4-3-5-11-21)15-9-16-25(20-24)22(27)13-18-26-17-6-7-19-30-26/h3-5,8,10-12H,2,6-7,9,13-20H2,1H3/b12-8+. The number of carbonyl (C=O) groups is 2. The number of nitrogens with zero attached hydrogens (tertiary/aromatic N) is 2. The molecule has 1 unspecified atom stereocenters. The Morgan fingerprint density at radius 3 is 2.73 bits per heavy atom. The van der Waals surface area contributed by atoms with Crippen LogP contribution in [0.25, 0.3) is 6.08 Å². The molecule has 2 aliphatic heterocycles. The normalized spacial score (nSPS) is 22.9. The number of piperidine rings is 1. The highest BCUT2D eigenvalue weighted by molar-refractivity contribution is 5.81. The van der Waals surface area contributed by atoms with E-state index in [0.717, 1.165) is 44.4 Å². The fourth-order valence-electron chi connectivity index (χ4n) is 4.23. The summed E-state index contributed by atoms with van der Waals surface area (Å²) in [5.74, 6) is -0.107. The lowest BCUT2D eigenvalue weighted by atomic mass is 9.76. The van der Waals surface area contributed by atoms with Gasteiger partial charge in [-0.25, -0.2) is 0 Å². The predicted octanol–water partition coefficient (Wildman–Crippen LogP) is 3.68. The van der Waals surface area contributed by atoms with Gasteiger partial charge in [0.1, 0.15) is 0 Å². The minimum atomic E-state index is -0.670. The molecule has 2 saturated heterocycles. The van der Waals surface area contributed by atoms with Gasteiger partial charge in [-0.1, -0.05) is 42.5 Å². The quantitative estimate of drug-likeness (QED) is 0.608. The SMILES string of the molecule is CCOC(=O)C1(C/C=C/c2ccccc2)CCCN(C(=O)CCN2CCCCO2)C1. The zero-order chi connectivity index (χ0) is 21.2. The van der Waals surface area contributed by atoms with Crippen LogP contribution in [0.4, 0.5) is 0 Å². The summed E-state index contributed by atoms with van der Waals surface area (Å²) in [5.41, 5.74) is 0.429. The highest BCUT2D eigenvalue weighted by atomic mass is 16.7. The Morgan fingerprint density at radius 1 is 1.17 bits per heavy atom. The number of carbonyl (C=O) groups excluding carboxylic acids is 2. The van der Waals surface area contributed by atoms with Gasteiger partial charge in [-0.2, -0.15) is 5.06 Å². The van der Waals surface area contributed by atoms with E-state index in [1.807, 2.05) is 59.4 Å². The molecular formula is C24H34N2O4. The molecule has 3 rings (SSSR count). The second-order valence-electron chi connectivity index (χ2n) is 8.16. The van der Waals surface area contributed by atoms with Crippen LogP contribution in [0.1, 0.15) is 51.0 Å². The van der Waals surface area contributed by atoms with E-state index in [1.165, 1.54) is 0 Å². The smallest absolute Gasteiger partial charge is 0.314 e. The number of amides is 1. The van der Waals surface area contributed by atoms with Gasteiger partial charge in [0.05, 0.1) is 18.6 Å². The molecule has 2 aliphatic rings. The first-order valence-electron chi connectivity index (χ1n) is 11.2. The molecule has 0 aliphatic carbocycles. The number of rotatable bonds is 8. The Labute approximate surface area is 179 Å². The number of esters is 1. The van der Waals surface area contributed by atoms with Gasteiger partial charge in [-0.15, -0.1) is 0 Å². The Balaban J connectivity index is 1.63. The second kappa shape index (κ2) is 11.3. The fourth-order valence-corrected chi connectivity index (χ4v) is 4.23. The number of hydrogen-bond donors (Lipinski definition) is 0. The van der Waals surface area contributed by atoms with Gasteiger partial charge in [0, 0.05) is 32.6 Å². The van der Waals surface area contributed by atoms with E-state index >= 15 is 0 Å². The molecular weight excluding hydrogens is 380 g/mol. The molecule has 0 bridgehead atoms. The summed E-state index contributed by atoms with van der Waals surface area (Å²) >= 11 is 0. The molecule has 0 N–H and O–H groups in total. The Morgan fingerprint density at radius 2 is 2.00 bits per heavy atom. The third kappa shape index (κ3) is 6.16. The number of ether oxygens (including phenoxy) is 1. The van der Waals surface area contributed by atoms with Crippen LogP contribution in [0, 0.1) is 5.41 Å². The first-order chi connectivity index (χ1) is 14.6. The van der Waals surface area contributed by atoms with Crippen molar-refractivity contribution in [1.29, 1.82) is 0 Å². The summed E-state index contributed by atoms with van der Waals surface area (Å²) in [5, 5.41) is 1.90. The highest BCUT2D eigenvalue weighted by Gasteiger charge is 2.43. The van der Waals surface area contributed by atoms with Gasteiger partial charge in [-0.3, -0.25) is 14.4 Å². The molecule has 6 heteroatoms. The van der Waals surface area contributed by atoms with Gasteiger partial charge in [0.15, 0.2) is 0 Å². The van der Waals surface area contributed by atoms with Crippen molar-refractivity contribution in [1.82, 2.24) is 9.96 Å². The highest BCUT2D eigenvalue weighted by Crippen LogP contribution is 2.36. The molecule has 0 radical (unpaired) electrons. The second-order valence-corrected chi connectivity index (χ2v) is 8.16. The minimum absolute atomic E-state index is 0.0876. The van der Waals surface area contributed by atoms with Crippen molar-refractivity contribution in [2.45, 2.75) is 45.4 Å². The largest absolute Gasteiger partial charge is 0.466 e. The topological polar surface area (TPSA) is 59.1 Å². The van der Waals surface area contributed by atoms with E-state index < -0.39 is 5.41 Å². The number of hydrogen-bond acceptors (Lipinski definition) is 5. The molecule has 164 valence electrons. The lowest BCUT2D eigenvalue weighted by Crippen LogP contribution is -2.50. The first kappa shape index (κ1) is 22.5. The van der Waals surface area contributed by atoms with Gasteiger partial charge in [0.2, 0.25) is 5.91 Å². The number of hydroxylamine groups is 2. The van der Waals surface area contributed by atoms with E-state index in [1.54, 1.807) is 0 Å². The predicted molar refractivity (Wildman–Crippen MR) is 116 cm³/mol. The minimum Gasteiger partial charge on any atom is -0.466 e. The molecule has 2 fully saturated rings. The van der Waals surface area contributed by atoms with E-state index in [0.29, 0.717) is 39.1 Å². The first-order valence-corrected chi connectivity index (χ1v) is 11.2. The number of benzene rings is 1. The molecule has 0 saturated carbocycles. The fraction of sp³-hybridized carbons (Fsp3) is 0.583. The van der Waals surface area contributed by atoms with Crippen molar-refractivity contribution >= 4 is 18.0 Å². The van der Waals surface area contributed by atoms with Crippen LogP contribution in [-0.4, -0.2) is 61.2 Å². The maximum Gasteiger partial charge on any atom is 0.314 e. The average molecular weight is 415 g/mol. The molecule has 0 aromatic heterocycles. The zero-order valence-corrected chi connectivity index (χ0v) is 18.1. The van der Waals surface area contributed by atoms with E-state index in [4.69, 9.17) is 9.57 Å². The summed E-state index contributed by atoms with van der Waals surface area (Å²) in [4.78, 5) is 33.2. The summed E-state index contributed by atoms with van der Waals surface area (Å²) < 4.78 is 5.43. The summed E-state index contributed by atoms with van der Waals surface area (Å²) in [6, 6.07) is 10.0. The van der Waals surface area contributed by atoms with Crippen molar-refractivity contribution in [3.63, 3.8) is 0 Å². The monoisotopic (exact) mass is 414 g/mol. The number of likely N-dealkylation sites (tertiary alicyclic amines) is 1. The lowest BCUT2D eigenvalue weighted by molar-refractivity contribution is -0.183. The van der Waals surface area contributed by atoms with Crippen LogP contribution in [0.3, 0.4) is 0 Å². The Bertz CT molecular complexity index is 715. The van der Waals surface area contributed by atoms with Gasteiger partial charge in [-0.05, 0) is 44.6 Å². The third-order valence-electron chi connectivity index (χ3n) is 5.91. The zero-order valence-electron chi connectivity index (χ0n) is 18.1. The summed E-state index contributed by atoms with van der Waals surface area (Å²) in [6.07, 6.45) is 8.80. The van der Waals surface area contributed by atoms with Crippen LogP contribution in [0.5, 0.6) is 0 Å². The van der Waals surface area contributed by atoms with Crippen LogP contribution in [-0.2, 0) is 19.2 Å². The summed E-state index contributed by atoms with van der Waals surface area (Å²) in [7, 11) is 0. The van der Waals surface area contributed by atoms with Crippen molar-refractivity contribution in [2.75, 3.05) is 39.4 Å². The van der Waals surface area contributed by atoms with Crippen molar-refractivity contribution in [2.24, 2.45) is 5.41 Å². The maximum atomic E-state index is 12.9. The lowest BCUT2D eigenvalue weighted by Gasteiger charge is -2.40. The van der Waals surface area contributed by atoms with Crippen molar-refractivity contribution in [3.05, 3.63) is 42.0 Å². The molecule has 6 nitrogen and oxygen atoms in total. The summed E-state index contributed by atoms with van der Waals surface area (Å²) in [6.45, 7) is 5.52. The van der Waals surface area contributed by atoms with E-state index in [9.17, 15) is 9.59 Å². The Hall–Kier alpha value is -2.18. The third-order valence-corrected chi connectivity index (χ3v) is 5.91. The van der Waals surface area contributed by atoms with Gasteiger partial charge in [0.25, 0.3) is 0 Å². The van der Waals surface area contributed by atoms with Gasteiger partial charge < -0.3 is 9.64 Å². The maximum absolute atomic E-state index is 12.9. The number of allylic oxidation sites excluding steroid dienone is 1. The van der Waals surface area contributed by atoms with Crippen molar-refractivity contribution in [3.8, 4) is 0 Å². The van der Waals surface area contributed by atoms with Crippen LogP contribution in [0.2, 0.25) is 0 Å². The van der Waals surface area contributed by atoms with E-state index in [-0.39, 0.29) is 11.9 Å². The molecule has 1 aromatic rings. The van der Waals surface area contributed by atoms with Crippen LogP contribution >= 0.6 is 0 Å². The van der Waals surface area contributed by atoms with Crippen LogP contribution < -0.4 is 0 Å². The molecule has 1 aromatic carbocycles. The molecule has 2 heterocycles. The van der Waals surface area contributed by atoms with Crippen molar-refractivity contribution < 1.29 is 19.2 Å². The molecule has 30 heavy (non-hydrogen) atoms. The molecule has 1 atom stereocenters. The molecule has 1 amide bonds. The Kier molecular flexibility index (Phi) is 8.46.